The number of halogens is 3. The van der Waals surface area contributed by atoms with Crippen LogP contribution in [0.3, 0.4) is 0 Å². The Morgan fingerprint density at radius 3 is 2.50 bits per heavy atom. The molecule has 0 bridgehead atoms. The van der Waals surface area contributed by atoms with Crippen LogP contribution in [0.25, 0.3) is 0 Å². The number of aliphatic hydroxyl groups excluding tert-OH is 1. The average molecular weight is 287 g/mol. The largest absolute Gasteiger partial charge is 0.392 e. The number of aliphatic hydroxyl groups is 1. The quantitative estimate of drug-likeness (QED) is 0.402. The van der Waals surface area contributed by atoms with Crippen LogP contribution in [0.15, 0.2) is 23.8 Å². The Morgan fingerprint density at radius 2 is 1.90 bits per heavy atom. The summed E-state index contributed by atoms with van der Waals surface area (Å²) < 4.78 is 39.9. The van der Waals surface area contributed by atoms with Crippen LogP contribution in [0.5, 0.6) is 0 Å². The molecule has 20 heavy (non-hydrogen) atoms. The summed E-state index contributed by atoms with van der Waals surface area (Å²) in [5.74, 6) is -4.44. The number of nitrogens with zero attached hydrogens (tertiary/aromatic N) is 1. The van der Waals surface area contributed by atoms with Gasteiger partial charge in [0.25, 0.3) is 0 Å². The van der Waals surface area contributed by atoms with E-state index in [9.17, 15) is 23.3 Å². The maximum atomic E-state index is 13.7. The Labute approximate surface area is 112 Å². The van der Waals surface area contributed by atoms with Crippen molar-refractivity contribution in [2.45, 2.75) is 24.8 Å². The van der Waals surface area contributed by atoms with Crippen molar-refractivity contribution < 1.29 is 23.2 Å². The number of rotatable bonds is 3. The lowest BCUT2D eigenvalue weighted by Crippen LogP contribution is -2.31. The van der Waals surface area contributed by atoms with E-state index in [-0.39, 0.29) is 25.0 Å². The Balaban J connectivity index is 2.42. The van der Waals surface area contributed by atoms with Crippen LogP contribution in [0.2, 0.25) is 0 Å². The Bertz CT molecular complexity index is 574. The maximum absolute atomic E-state index is 13.7. The molecule has 0 fully saturated rings. The topological polar surface area (TPSA) is 63.4 Å². The van der Waals surface area contributed by atoms with E-state index in [1.54, 1.807) is 6.08 Å². The van der Waals surface area contributed by atoms with E-state index in [0.29, 0.717) is 17.7 Å². The van der Waals surface area contributed by atoms with E-state index < -0.39 is 34.3 Å². The molecule has 0 unspecified atom stereocenters. The Hall–Kier alpha value is -1.89. The van der Waals surface area contributed by atoms with Gasteiger partial charge < -0.3 is 5.11 Å². The molecule has 1 N–H and O–H groups in total. The molecule has 2 rings (SSSR count). The van der Waals surface area contributed by atoms with Crippen LogP contribution in [0.1, 0.15) is 24.3 Å². The summed E-state index contributed by atoms with van der Waals surface area (Å²) in [5.41, 5.74) is 0.282. The van der Waals surface area contributed by atoms with Gasteiger partial charge in [0.1, 0.15) is 5.82 Å². The molecule has 0 saturated carbocycles. The molecular formula is C13H12F3NO3. The van der Waals surface area contributed by atoms with Crippen molar-refractivity contribution in [3.63, 3.8) is 0 Å². The van der Waals surface area contributed by atoms with Gasteiger partial charge in [-0.3, -0.25) is 10.1 Å². The second-order valence-corrected chi connectivity index (χ2v) is 4.71. The molecule has 4 nitrogen and oxygen atoms in total. The standard InChI is InChI=1S/C13H12F3NO3/c14-10-5-12(16)11(15)4-9(10)8-2-1-7(6-18)3-13(8)17(19)20/h1,4-5,8,13,18H,2-3,6H2/t8-,13+/m1/s1. The molecule has 1 aliphatic rings. The summed E-state index contributed by atoms with van der Waals surface area (Å²) >= 11 is 0. The van der Waals surface area contributed by atoms with Crippen molar-refractivity contribution in [1.82, 2.24) is 0 Å². The first-order valence-corrected chi connectivity index (χ1v) is 6.00. The van der Waals surface area contributed by atoms with Crippen molar-refractivity contribution in [1.29, 1.82) is 0 Å². The van der Waals surface area contributed by atoms with E-state index in [1.807, 2.05) is 0 Å². The molecule has 108 valence electrons. The van der Waals surface area contributed by atoms with Gasteiger partial charge in [-0.1, -0.05) is 6.08 Å². The van der Waals surface area contributed by atoms with Crippen molar-refractivity contribution in [3.05, 3.63) is 56.9 Å². The lowest BCUT2D eigenvalue weighted by Gasteiger charge is -2.25. The molecule has 1 aromatic rings. The lowest BCUT2D eigenvalue weighted by molar-refractivity contribution is -0.527. The van der Waals surface area contributed by atoms with Crippen molar-refractivity contribution in [3.8, 4) is 0 Å². The summed E-state index contributed by atoms with van der Waals surface area (Å²) in [6.07, 6.45) is 1.64. The number of benzene rings is 1. The van der Waals surface area contributed by atoms with E-state index in [1.165, 1.54) is 0 Å². The predicted octanol–water partition coefficient (Wildman–Crippen LogP) is 2.55. The lowest BCUT2D eigenvalue weighted by atomic mass is 9.80. The van der Waals surface area contributed by atoms with Crippen LogP contribution in [-0.2, 0) is 0 Å². The molecule has 0 radical (unpaired) electrons. The number of allylic oxidation sites excluding steroid dienone is 1. The van der Waals surface area contributed by atoms with Gasteiger partial charge in [-0.2, -0.15) is 0 Å². The maximum Gasteiger partial charge on any atom is 0.224 e. The minimum Gasteiger partial charge on any atom is -0.392 e. The summed E-state index contributed by atoms with van der Waals surface area (Å²) in [6, 6.07) is -0.0992. The molecule has 0 spiro atoms. The van der Waals surface area contributed by atoms with E-state index in [2.05, 4.69) is 0 Å². The SMILES string of the molecule is O=[N+]([O-])[C@H]1CC(CO)=CC[C@@H]1c1cc(F)c(F)cc1F. The van der Waals surface area contributed by atoms with Gasteiger partial charge in [0.15, 0.2) is 11.6 Å². The Kier molecular flexibility index (Phi) is 4.08. The molecule has 0 heterocycles. The molecule has 0 aromatic heterocycles. The number of hydrogen-bond donors (Lipinski definition) is 1. The van der Waals surface area contributed by atoms with Gasteiger partial charge in [0, 0.05) is 23.0 Å². The third-order valence-electron chi connectivity index (χ3n) is 3.51. The molecule has 7 heteroatoms. The molecule has 1 aromatic carbocycles. The highest BCUT2D eigenvalue weighted by Crippen LogP contribution is 2.36. The minimum atomic E-state index is -1.33. The molecule has 0 aliphatic heterocycles. The summed E-state index contributed by atoms with van der Waals surface area (Å²) in [7, 11) is 0. The van der Waals surface area contributed by atoms with Crippen molar-refractivity contribution >= 4 is 0 Å². The smallest absolute Gasteiger partial charge is 0.224 e. The van der Waals surface area contributed by atoms with Gasteiger partial charge in [0.05, 0.1) is 12.5 Å². The zero-order valence-electron chi connectivity index (χ0n) is 10.4. The summed E-state index contributed by atoms with van der Waals surface area (Å²) in [4.78, 5) is 10.5. The highest BCUT2D eigenvalue weighted by atomic mass is 19.2. The molecule has 0 saturated heterocycles. The highest BCUT2D eigenvalue weighted by molar-refractivity contribution is 5.28. The summed E-state index contributed by atoms with van der Waals surface area (Å²) in [5, 5.41) is 20.1. The first-order valence-electron chi connectivity index (χ1n) is 6.00. The van der Waals surface area contributed by atoms with Gasteiger partial charge >= 0.3 is 0 Å². The van der Waals surface area contributed by atoms with Crippen LogP contribution in [0, 0.1) is 27.6 Å². The first kappa shape index (κ1) is 14.5. The fourth-order valence-corrected chi connectivity index (χ4v) is 2.45. The second-order valence-electron chi connectivity index (χ2n) is 4.71. The van der Waals surface area contributed by atoms with Gasteiger partial charge in [-0.15, -0.1) is 0 Å². The van der Waals surface area contributed by atoms with Crippen molar-refractivity contribution in [2.75, 3.05) is 6.61 Å². The average Bonchev–Trinajstić information content (AvgIpc) is 2.42. The fraction of sp³-hybridized carbons (Fsp3) is 0.385. The molecule has 2 atom stereocenters. The minimum absolute atomic E-state index is 0.0351. The second kappa shape index (κ2) is 5.62. The van der Waals surface area contributed by atoms with Crippen LogP contribution >= 0.6 is 0 Å². The molecule has 0 amide bonds. The predicted molar refractivity (Wildman–Crippen MR) is 64.2 cm³/mol. The van der Waals surface area contributed by atoms with E-state index >= 15 is 0 Å². The van der Waals surface area contributed by atoms with Crippen LogP contribution in [0.4, 0.5) is 13.2 Å². The van der Waals surface area contributed by atoms with Gasteiger partial charge in [-0.05, 0) is 18.1 Å². The molecular weight excluding hydrogens is 275 g/mol. The van der Waals surface area contributed by atoms with Crippen LogP contribution in [-0.4, -0.2) is 22.7 Å². The van der Waals surface area contributed by atoms with Crippen molar-refractivity contribution in [2.24, 2.45) is 0 Å². The normalized spacial score (nSPS) is 22.5. The zero-order valence-corrected chi connectivity index (χ0v) is 10.4. The van der Waals surface area contributed by atoms with Gasteiger partial charge in [0.2, 0.25) is 6.04 Å². The number of hydrogen-bond acceptors (Lipinski definition) is 3. The fourth-order valence-electron chi connectivity index (χ4n) is 2.45. The number of nitro groups is 1. The van der Waals surface area contributed by atoms with Crippen LogP contribution < -0.4 is 0 Å². The third kappa shape index (κ3) is 2.67. The third-order valence-corrected chi connectivity index (χ3v) is 3.51. The zero-order chi connectivity index (χ0) is 14.9. The summed E-state index contributed by atoms with van der Waals surface area (Å²) in [6.45, 7) is -0.308. The monoisotopic (exact) mass is 287 g/mol. The Morgan fingerprint density at radius 1 is 1.25 bits per heavy atom. The molecule has 1 aliphatic carbocycles. The van der Waals surface area contributed by atoms with E-state index in [0.717, 1.165) is 0 Å². The van der Waals surface area contributed by atoms with E-state index in [4.69, 9.17) is 5.11 Å². The van der Waals surface area contributed by atoms with Gasteiger partial charge in [-0.25, -0.2) is 13.2 Å². The first-order chi connectivity index (χ1) is 9.43. The highest BCUT2D eigenvalue weighted by Gasteiger charge is 2.37.